The molecule has 3 aromatic carbocycles. The van der Waals surface area contributed by atoms with Crippen LogP contribution >= 0.6 is 23.2 Å². The number of halogens is 3. The van der Waals surface area contributed by atoms with Gasteiger partial charge in [0.15, 0.2) is 11.3 Å². The topological polar surface area (TPSA) is 81.7 Å². The van der Waals surface area contributed by atoms with E-state index in [4.69, 9.17) is 38.9 Å². The second kappa shape index (κ2) is 10.00. The quantitative estimate of drug-likeness (QED) is 0.280. The number of anilines is 1. The molecule has 0 saturated heterocycles. The lowest BCUT2D eigenvalue weighted by atomic mass is 10.1. The van der Waals surface area contributed by atoms with E-state index in [-0.39, 0.29) is 12.4 Å². The highest BCUT2D eigenvalue weighted by Crippen LogP contribution is 2.35. The van der Waals surface area contributed by atoms with Crippen molar-refractivity contribution >= 4 is 40.3 Å². The molecule has 6 nitrogen and oxygen atoms in total. The van der Waals surface area contributed by atoms with Crippen LogP contribution < -0.4 is 11.1 Å². The van der Waals surface area contributed by atoms with Crippen LogP contribution in [0.15, 0.2) is 72.9 Å². The number of imidazole rings is 1. The Morgan fingerprint density at radius 1 is 0.914 bits per heavy atom. The molecule has 2 aromatic heterocycles. The fourth-order valence-corrected chi connectivity index (χ4v) is 4.46. The van der Waals surface area contributed by atoms with Crippen LogP contribution in [-0.4, -0.2) is 19.5 Å². The molecule has 0 spiro atoms. The first-order valence-electron chi connectivity index (χ1n) is 11.0. The van der Waals surface area contributed by atoms with E-state index < -0.39 is 0 Å². The van der Waals surface area contributed by atoms with Crippen LogP contribution in [-0.2, 0) is 19.6 Å². The molecule has 0 atom stereocenters. The summed E-state index contributed by atoms with van der Waals surface area (Å²) < 4.78 is 16.0. The number of nitrogens with zero attached hydrogens (tertiary/aromatic N) is 4. The first-order chi connectivity index (χ1) is 17.0. The molecule has 0 aliphatic heterocycles. The average Bonchev–Trinajstić information content (AvgIpc) is 3.20. The summed E-state index contributed by atoms with van der Waals surface area (Å²) in [5, 5.41) is 4.10. The highest BCUT2D eigenvalue weighted by molar-refractivity contribution is 6.39. The van der Waals surface area contributed by atoms with Crippen molar-refractivity contribution in [2.24, 2.45) is 5.73 Å². The summed E-state index contributed by atoms with van der Waals surface area (Å²) in [7, 11) is 0. The largest absolute Gasteiger partial charge is 0.365 e. The first-order valence-corrected chi connectivity index (χ1v) is 11.7. The van der Waals surface area contributed by atoms with E-state index in [1.54, 1.807) is 42.6 Å². The lowest BCUT2D eigenvalue weighted by Gasteiger charge is -2.12. The van der Waals surface area contributed by atoms with Crippen LogP contribution in [0.2, 0.25) is 10.0 Å². The maximum atomic E-state index is 14.1. The molecule has 3 N–H and O–H groups in total. The number of aromatic nitrogens is 4. The normalized spacial score (nSPS) is 11.2. The zero-order valence-electron chi connectivity index (χ0n) is 18.5. The lowest BCUT2D eigenvalue weighted by molar-refractivity contribution is 0.613. The minimum Gasteiger partial charge on any atom is -0.365 e. The summed E-state index contributed by atoms with van der Waals surface area (Å²) >= 11 is 13.1. The van der Waals surface area contributed by atoms with E-state index in [1.807, 2.05) is 28.8 Å². The number of nitrogens with two attached hydrogens (primary N) is 1. The molecule has 35 heavy (non-hydrogen) atoms. The molecule has 0 unspecified atom stereocenters. The van der Waals surface area contributed by atoms with Crippen LogP contribution in [0, 0.1) is 5.82 Å². The predicted octanol–water partition coefficient (Wildman–Crippen LogP) is 6.06. The molecule has 5 rings (SSSR count). The van der Waals surface area contributed by atoms with Crippen molar-refractivity contribution in [1.82, 2.24) is 19.5 Å². The first kappa shape index (κ1) is 23.2. The lowest BCUT2D eigenvalue weighted by Crippen LogP contribution is -2.07. The molecule has 0 bridgehead atoms. The van der Waals surface area contributed by atoms with Gasteiger partial charge in [-0.15, -0.1) is 0 Å². The summed E-state index contributed by atoms with van der Waals surface area (Å²) in [4.78, 5) is 14.0. The summed E-state index contributed by atoms with van der Waals surface area (Å²) in [6, 6.07) is 19.9. The highest BCUT2D eigenvalue weighted by atomic mass is 35.5. The van der Waals surface area contributed by atoms with Gasteiger partial charge in [-0.3, -0.25) is 0 Å². The molecule has 5 aromatic rings. The van der Waals surface area contributed by atoms with Crippen LogP contribution in [0.4, 0.5) is 10.2 Å². The van der Waals surface area contributed by atoms with E-state index >= 15 is 0 Å². The van der Waals surface area contributed by atoms with E-state index in [2.05, 4.69) is 10.3 Å². The van der Waals surface area contributed by atoms with Crippen molar-refractivity contribution in [2.75, 3.05) is 5.32 Å². The maximum Gasteiger partial charge on any atom is 0.198 e. The van der Waals surface area contributed by atoms with Gasteiger partial charge < -0.3 is 15.6 Å². The molecule has 0 saturated carbocycles. The Bertz CT molecular complexity index is 1500. The van der Waals surface area contributed by atoms with Gasteiger partial charge in [-0.2, -0.15) is 0 Å². The molecule has 0 amide bonds. The Labute approximate surface area is 211 Å². The van der Waals surface area contributed by atoms with Crippen molar-refractivity contribution in [3.63, 3.8) is 0 Å². The third kappa shape index (κ3) is 4.84. The molecule has 0 fully saturated rings. The van der Waals surface area contributed by atoms with Gasteiger partial charge in [0, 0.05) is 18.7 Å². The molecule has 0 aliphatic carbocycles. The van der Waals surface area contributed by atoms with Crippen molar-refractivity contribution in [2.45, 2.75) is 19.6 Å². The fourth-order valence-electron chi connectivity index (χ4n) is 3.90. The number of hydrogen-bond donors (Lipinski definition) is 2. The van der Waals surface area contributed by atoms with Gasteiger partial charge >= 0.3 is 0 Å². The zero-order valence-corrected chi connectivity index (χ0v) is 20.1. The fraction of sp³-hybridized carbons (Fsp3) is 0.115. The molecule has 9 heteroatoms. The molecular formula is C26H21Cl2FN6. The Kier molecular flexibility index (Phi) is 6.63. The summed E-state index contributed by atoms with van der Waals surface area (Å²) in [6.07, 6.45) is 1.58. The molecule has 0 radical (unpaired) electrons. The Morgan fingerprint density at radius 2 is 1.66 bits per heavy atom. The summed E-state index contributed by atoms with van der Waals surface area (Å²) in [5.74, 6) is 0.768. The minimum absolute atomic E-state index is 0.267. The second-order valence-corrected chi connectivity index (χ2v) is 8.80. The number of nitrogens with one attached hydrogen (secondary N) is 1. The average molecular weight is 507 g/mol. The third-order valence-corrected chi connectivity index (χ3v) is 6.26. The molecule has 176 valence electrons. The van der Waals surface area contributed by atoms with Crippen LogP contribution in [0.1, 0.15) is 16.7 Å². The van der Waals surface area contributed by atoms with Crippen LogP contribution in [0.25, 0.3) is 22.7 Å². The van der Waals surface area contributed by atoms with E-state index in [0.717, 1.165) is 11.1 Å². The standard InChI is InChI=1S/C26H21Cl2FN6/c27-19-8-4-9-20(28)23(19)25-34-24-26(35(25)15-17-6-3-5-16(11-17)12-30)33-22(14-32-24)31-13-18-7-1-2-10-21(18)29/h1-11,14H,12-13,15,30H2,(H,31,33). The van der Waals surface area contributed by atoms with Crippen molar-refractivity contribution in [3.8, 4) is 11.4 Å². The molecular weight excluding hydrogens is 486 g/mol. The van der Waals surface area contributed by atoms with E-state index in [0.29, 0.717) is 57.2 Å². The van der Waals surface area contributed by atoms with Crippen LogP contribution in [0.3, 0.4) is 0 Å². The van der Waals surface area contributed by atoms with Crippen LogP contribution in [0.5, 0.6) is 0 Å². The second-order valence-electron chi connectivity index (χ2n) is 7.99. The molecule has 2 heterocycles. The summed E-state index contributed by atoms with van der Waals surface area (Å²) in [6.45, 7) is 1.15. The Hall–Kier alpha value is -3.52. The minimum atomic E-state index is -0.283. The maximum absolute atomic E-state index is 14.1. The highest BCUT2D eigenvalue weighted by Gasteiger charge is 2.20. The van der Waals surface area contributed by atoms with Gasteiger partial charge in [0.05, 0.1) is 28.4 Å². The number of rotatable bonds is 7. The van der Waals surface area contributed by atoms with E-state index in [9.17, 15) is 4.39 Å². The number of hydrogen-bond acceptors (Lipinski definition) is 5. The smallest absolute Gasteiger partial charge is 0.198 e. The van der Waals surface area contributed by atoms with Gasteiger partial charge in [-0.1, -0.05) is 71.7 Å². The Balaban J connectivity index is 1.60. The van der Waals surface area contributed by atoms with Gasteiger partial charge in [0.25, 0.3) is 0 Å². The van der Waals surface area contributed by atoms with Gasteiger partial charge in [-0.05, 0) is 29.3 Å². The van der Waals surface area contributed by atoms with Gasteiger partial charge in [-0.25, -0.2) is 19.3 Å². The van der Waals surface area contributed by atoms with Crippen molar-refractivity contribution < 1.29 is 4.39 Å². The summed E-state index contributed by atoms with van der Waals surface area (Å²) in [5.41, 5.74) is 10.0. The number of benzene rings is 3. The Morgan fingerprint density at radius 3 is 2.43 bits per heavy atom. The van der Waals surface area contributed by atoms with Crippen molar-refractivity contribution in [3.05, 3.63) is 105 Å². The van der Waals surface area contributed by atoms with Gasteiger partial charge in [0.1, 0.15) is 17.5 Å². The number of fused-ring (bicyclic) bond motifs is 1. The van der Waals surface area contributed by atoms with Crippen molar-refractivity contribution in [1.29, 1.82) is 0 Å². The van der Waals surface area contributed by atoms with Gasteiger partial charge in [0.2, 0.25) is 0 Å². The van der Waals surface area contributed by atoms with E-state index in [1.165, 1.54) is 6.07 Å². The third-order valence-electron chi connectivity index (χ3n) is 5.63. The zero-order chi connectivity index (χ0) is 24.4. The molecule has 0 aliphatic rings. The SMILES string of the molecule is NCc1cccc(Cn2c(-c3c(Cl)cccc3Cl)nc3ncc(NCc4ccccc4F)nc32)c1. The predicted molar refractivity (Wildman–Crippen MR) is 138 cm³/mol. The monoisotopic (exact) mass is 506 g/mol.